The van der Waals surface area contributed by atoms with E-state index in [1.807, 2.05) is 12.1 Å². The lowest BCUT2D eigenvalue weighted by molar-refractivity contribution is -0.119. The molecule has 0 saturated carbocycles. The summed E-state index contributed by atoms with van der Waals surface area (Å²) < 4.78 is 26.2. The van der Waals surface area contributed by atoms with Crippen LogP contribution in [0, 0.1) is 11.3 Å². The number of nitrogens with one attached hydrogen (secondary N) is 1. The second-order valence-corrected chi connectivity index (χ2v) is 10.4. The predicted octanol–water partition coefficient (Wildman–Crippen LogP) is 3.60. The lowest BCUT2D eigenvalue weighted by atomic mass is 9.90. The standard InChI is InChI=1S/C26H29N5O4S/c1-4-31(36(3,34)35)24(15-19-11-14-23(30-33)25(28)17(19)2)26(32)29-21-12-9-18(10-13-21)22-8-6-5-7-20(22)16-27/h5-13,24,33H,4,14-15,28H2,1-3H3,(H,29,32)/t24-/m0/s1. The van der Waals surface area contributed by atoms with Crippen molar-refractivity contribution in [3.8, 4) is 17.2 Å². The number of allylic oxidation sites excluding steroid dienone is 3. The Morgan fingerprint density at radius 1 is 1.25 bits per heavy atom. The number of nitrogens with zero attached hydrogens (tertiary/aromatic N) is 3. The van der Waals surface area contributed by atoms with E-state index < -0.39 is 22.0 Å². The number of likely N-dealkylation sites (N-methyl/N-ethyl adjacent to an activating group) is 1. The van der Waals surface area contributed by atoms with Crippen LogP contribution in [0.4, 0.5) is 5.69 Å². The summed E-state index contributed by atoms with van der Waals surface area (Å²) in [6, 6.07) is 15.4. The highest BCUT2D eigenvalue weighted by Gasteiger charge is 2.33. The number of hydrogen-bond acceptors (Lipinski definition) is 7. The van der Waals surface area contributed by atoms with Crippen LogP contribution in [-0.4, -0.2) is 48.4 Å². The zero-order valence-corrected chi connectivity index (χ0v) is 21.2. The van der Waals surface area contributed by atoms with Gasteiger partial charge < -0.3 is 16.3 Å². The van der Waals surface area contributed by atoms with Crippen LogP contribution in [0.1, 0.15) is 32.3 Å². The van der Waals surface area contributed by atoms with Crippen LogP contribution in [0.25, 0.3) is 11.1 Å². The van der Waals surface area contributed by atoms with Gasteiger partial charge in [-0.3, -0.25) is 4.79 Å². The number of nitrogens with two attached hydrogens (primary N) is 1. The molecular weight excluding hydrogens is 478 g/mol. The van der Waals surface area contributed by atoms with Crippen molar-refractivity contribution in [2.45, 2.75) is 32.7 Å². The molecule has 1 amide bonds. The highest BCUT2D eigenvalue weighted by molar-refractivity contribution is 7.88. The van der Waals surface area contributed by atoms with Gasteiger partial charge in [0, 0.05) is 18.7 Å². The van der Waals surface area contributed by atoms with Crippen LogP contribution in [-0.2, 0) is 14.8 Å². The third kappa shape index (κ3) is 5.82. The summed E-state index contributed by atoms with van der Waals surface area (Å²) in [5.74, 6) is -0.485. The van der Waals surface area contributed by atoms with Crippen molar-refractivity contribution >= 4 is 27.3 Å². The topological polar surface area (TPSA) is 149 Å². The Labute approximate surface area is 211 Å². The van der Waals surface area contributed by atoms with E-state index in [1.165, 1.54) is 0 Å². The minimum atomic E-state index is -3.70. The molecule has 1 aliphatic carbocycles. The summed E-state index contributed by atoms with van der Waals surface area (Å²) >= 11 is 0. The summed E-state index contributed by atoms with van der Waals surface area (Å²) in [6.07, 6.45) is 3.24. The highest BCUT2D eigenvalue weighted by atomic mass is 32.2. The van der Waals surface area contributed by atoms with E-state index in [4.69, 9.17) is 10.9 Å². The van der Waals surface area contributed by atoms with Gasteiger partial charge >= 0.3 is 0 Å². The fourth-order valence-corrected chi connectivity index (χ4v) is 5.32. The largest absolute Gasteiger partial charge is 0.411 e. The average molecular weight is 508 g/mol. The minimum Gasteiger partial charge on any atom is -0.411 e. The first-order valence-electron chi connectivity index (χ1n) is 11.3. The predicted molar refractivity (Wildman–Crippen MR) is 140 cm³/mol. The van der Waals surface area contributed by atoms with Gasteiger partial charge in [-0.05, 0) is 53.8 Å². The number of nitriles is 1. The van der Waals surface area contributed by atoms with Crippen LogP contribution in [0.5, 0.6) is 0 Å². The van der Waals surface area contributed by atoms with Gasteiger partial charge in [0.2, 0.25) is 15.9 Å². The van der Waals surface area contributed by atoms with Crippen LogP contribution in [0.3, 0.4) is 0 Å². The molecular formula is C26H29N5O4S. The van der Waals surface area contributed by atoms with Crippen LogP contribution in [0.15, 0.2) is 76.6 Å². The second-order valence-electron chi connectivity index (χ2n) is 8.43. The van der Waals surface area contributed by atoms with Gasteiger partial charge in [-0.2, -0.15) is 9.57 Å². The van der Waals surface area contributed by atoms with Gasteiger partial charge in [-0.15, -0.1) is 0 Å². The summed E-state index contributed by atoms with van der Waals surface area (Å²) in [6.45, 7) is 3.52. The first-order valence-corrected chi connectivity index (χ1v) is 13.2. The Hall–Kier alpha value is -3.94. The molecule has 0 fully saturated rings. The molecule has 10 heteroatoms. The third-order valence-corrected chi connectivity index (χ3v) is 7.54. The maximum atomic E-state index is 13.4. The average Bonchev–Trinajstić information content (AvgIpc) is 2.86. The minimum absolute atomic E-state index is 0.103. The molecule has 0 saturated heterocycles. The summed E-state index contributed by atoms with van der Waals surface area (Å²) in [7, 11) is -3.70. The lowest BCUT2D eigenvalue weighted by Gasteiger charge is -2.30. The van der Waals surface area contributed by atoms with Gasteiger partial charge in [0.25, 0.3) is 0 Å². The number of hydrogen-bond donors (Lipinski definition) is 3. The van der Waals surface area contributed by atoms with Crippen molar-refractivity contribution in [1.82, 2.24) is 4.31 Å². The van der Waals surface area contributed by atoms with E-state index in [2.05, 4.69) is 16.5 Å². The molecule has 2 aromatic carbocycles. The van der Waals surface area contributed by atoms with Gasteiger partial charge in [0.1, 0.15) is 11.8 Å². The van der Waals surface area contributed by atoms with Crippen LogP contribution >= 0.6 is 0 Å². The van der Waals surface area contributed by atoms with Crippen molar-refractivity contribution in [2.75, 3.05) is 18.1 Å². The number of rotatable bonds is 8. The summed E-state index contributed by atoms with van der Waals surface area (Å²) in [4.78, 5) is 13.4. The first-order chi connectivity index (χ1) is 17.1. The molecule has 0 heterocycles. The summed E-state index contributed by atoms with van der Waals surface area (Å²) in [5.41, 5.74) is 10.7. The monoisotopic (exact) mass is 507 g/mol. The smallest absolute Gasteiger partial charge is 0.243 e. The van der Waals surface area contributed by atoms with E-state index in [0.29, 0.717) is 33.8 Å². The van der Waals surface area contributed by atoms with Crippen LogP contribution in [0.2, 0.25) is 0 Å². The van der Waals surface area contributed by atoms with Gasteiger partial charge in [-0.1, -0.05) is 48.5 Å². The molecule has 9 nitrogen and oxygen atoms in total. The number of sulfonamides is 1. The molecule has 0 aromatic heterocycles. The van der Waals surface area contributed by atoms with Gasteiger partial charge in [0.05, 0.1) is 23.6 Å². The number of benzene rings is 2. The number of carbonyl (C=O) groups is 1. The molecule has 1 atom stereocenters. The maximum Gasteiger partial charge on any atom is 0.243 e. The fourth-order valence-electron chi connectivity index (χ4n) is 4.21. The molecule has 0 radical (unpaired) electrons. The zero-order valence-electron chi connectivity index (χ0n) is 20.4. The Morgan fingerprint density at radius 3 is 2.50 bits per heavy atom. The maximum absolute atomic E-state index is 13.4. The van der Waals surface area contributed by atoms with Crippen molar-refractivity contribution in [3.05, 3.63) is 77.0 Å². The molecule has 0 aliphatic heterocycles. The van der Waals surface area contributed by atoms with E-state index in [0.717, 1.165) is 21.7 Å². The number of amides is 1. The second kappa shape index (κ2) is 11.2. The number of carbonyl (C=O) groups excluding carboxylic acids is 1. The molecule has 2 aromatic rings. The van der Waals surface area contributed by atoms with Gasteiger partial charge in [-0.25, -0.2) is 8.42 Å². The Kier molecular flexibility index (Phi) is 8.29. The Bertz CT molecular complexity index is 1390. The zero-order chi connectivity index (χ0) is 26.5. The SMILES string of the molecule is CCN([C@@H](CC1=CCC(=NO)C(N)=C1C)C(=O)Nc1ccc(-c2ccccc2C#N)cc1)S(C)(=O)=O. The van der Waals surface area contributed by atoms with E-state index in [1.54, 1.807) is 56.3 Å². The Balaban J connectivity index is 1.89. The Morgan fingerprint density at radius 2 is 1.92 bits per heavy atom. The van der Waals surface area contributed by atoms with E-state index in [-0.39, 0.29) is 19.4 Å². The molecule has 0 unspecified atom stereocenters. The molecule has 0 spiro atoms. The molecule has 3 rings (SSSR count). The quantitative estimate of drug-likeness (QED) is 0.367. The summed E-state index contributed by atoms with van der Waals surface area (Å²) in [5, 5.41) is 24.5. The fraction of sp³-hybridized carbons (Fsp3) is 0.269. The number of anilines is 1. The van der Waals surface area contributed by atoms with Crippen molar-refractivity contribution in [1.29, 1.82) is 5.26 Å². The molecule has 4 N–H and O–H groups in total. The van der Waals surface area contributed by atoms with Crippen molar-refractivity contribution in [3.63, 3.8) is 0 Å². The molecule has 0 bridgehead atoms. The van der Waals surface area contributed by atoms with Crippen LogP contribution < -0.4 is 11.1 Å². The first kappa shape index (κ1) is 26.7. The van der Waals surface area contributed by atoms with E-state index in [9.17, 15) is 18.5 Å². The molecule has 36 heavy (non-hydrogen) atoms. The lowest BCUT2D eigenvalue weighted by Crippen LogP contribution is -2.47. The third-order valence-electron chi connectivity index (χ3n) is 6.17. The normalized spacial score (nSPS) is 16.0. The van der Waals surface area contributed by atoms with E-state index >= 15 is 0 Å². The highest BCUT2D eigenvalue weighted by Crippen LogP contribution is 2.28. The molecule has 188 valence electrons. The van der Waals surface area contributed by atoms with Crippen molar-refractivity contribution in [2.24, 2.45) is 10.9 Å². The number of oxime groups is 1. The van der Waals surface area contributed by atoms with Crippen molar-refractivity contribution < 1.29 is 18.4 Å². The van der Waals surface area contributed by atoms with Gasteiger partial charge in [0.15, 0.2) is 0 Å². The molecule has 1 aliphatic rings.